The number of esters is 1. The number of halogens is 1. The van der Waals surface area contributed by atoms with Crippen molar-refractivity contribution in [2.24, 2.45) is 0 Å². The summed E-state index contributed by atoms with van der Waals surface area (Å²) in [5, 5.41) is 1.61. The number of pyridine rings is 1. The highest BCUT2D eigenvalue weighted by Crippen LogP contribution is 2.40. The lowest BCUT2D eigenvalue weighted by molar-refractivity contribution is -0.137. The number of carbonyl (C=O) groups excluding carboxylic acids is 2. The van der Waals surface area contributed by atoms with E-state index < -0.39 is 17.7 Å². The van der Waals surface area contributed by atoms with Crippen LogP contribution in [0.3, 0.4) is 0 Å². The predicted octanol–water partition coefficient (Wildman–Crippen LogP) is 8.32. The fraction of sp³-hybridized carbons (Fsp3) is 0.306. The van der Waals surface area contributed by atoms with Crippen LogP contribution in [0.5, 0.6) is 5.88 Å². The third kappa shape index (κ3) is 8.99. The summed E-state index contributed by atoms with van der Waals surface area (Å²) in [6.07, 6.45) is 4.90. The minimum Gasteiger partial charge on any atom is -0.476 e. The largest absolute Gasteiger partial charge is 0.476 e. The number of allylic oxidation sites excluding steroid dienone is 1. The number of amides is 1. The number of aromatic nitrogens is 2. The minimum absolute atomic E-state index is 0.155. The van der Waals surface area contributed by atoms with Crippen LogP contribution in [-0.4, -0.2) is 58.8 Å². The van der Waals surface area contributed by atoms with E-state index in [1.165, 1.54) is 11.0 Å². The van der Waals surface area contributed by atoms with Crippen molar-refractivity contribution in [3.63, 3.8) is 0 Å². The van der Waals surface area contributed by atoms with Gasteiger partial charge in [-0.05, 0) is 57.4 Å². The Hall–Kier alpha value is -4.56. The van der Waals surface area contributed by atoms with Gasteiger partial charge in [0.2, 0.25) is 5.88 Å². The molecule has 8 nitrogen and oxygen atoms in total. The topological polar surface area (TPSA) is 93.7 Å². The Morgan fingerprint density at radius 2 is 1.71 bits per heavy atom. The first kappa shape index (κ1) is 33.3. The molecule has 2 heterocycles. The average Bonchev–Trinajstić information content (AvgIpc) is 3.34. The van der Waals surface area contributed by atoms with Crippen molar-refractivity contribution in [3.05, 3.63) is 107 Å². The first-order valence-corrected chi connectivity index (χ1v) is 15.4. The molecule has 45 heavy (non-hydrogen) atoms. The third-order valence-electron chi connectivity index (χ3n) is 6.82. The smallest absolute Gasteiger partial charge is 0.410 e. The molecule has 236 valence electrons. The molecule has 9 heteroatoms. The molecule has 1 amide bonds. The highest BCUT2D eigenvalue weighted by molar-refractivity contribution is 6.38. The van der Waals surface area contributed by atoms with Gasteiger partial charge in [-0.2, -0.15) is 0 Å². The SMILES string of the molecule is CCOC(=O)/C=C/CN(CCOc1ccc(/C(=C(/CC)c2ccccc2)c2[nH]c3ccccc3c2Cl)cn1)C(=O)OC(C)(C)C. The van der Waals surface area contributed by atoms with E-state index in [0.717, 1.165) is 45.3 Å². The van der Waals surface area contributed by atoms with E-state index in [2.05, 4.69) is 29.0 Å². The number of nitrogens with zero attached hydrogens (tertiary/aromatic N) is 2. The fourth-order valence-corrected chi connectivity index (χ4v) is 5.14. The normalized spacial score (nSPS) is 12.2. The molecule has 2 aromatic carbocycles. The molecule has 2 aromatic heterocycles. The van der Waals surface area contributed by atoms with E-state index in [4.69, 9.17) is 25.8 Å². The van der Waals surface area contributed by atoms with E-state index in [1.807, 2.05) is 54.6 Å². The second-order valence-corrected chi connectivity index (χ2v) is 11.6. The Morgan fingerprint density at radius 3 is 2.36 bits per heavy atom. The second-order valence-electron chi connectivity index (χ2n) is 11.2. The first-order chi connectivity index (χ1) is 21.6. The highest BCUT2D eigenvalue weighted by atomic mass is 35.5. The summed E-state index contributed by atoms with van der Waals surface area (Å²) in [6.45, 7) is 10.1. The molecular formula is C36H40ClN3O5. The molecule has 0 bridgehead atoms. The molecule has 0 aliphatic carbocycles. The number of hydrogen-bond acceptors (Lipinski definition) is 6. The van der Waals surface area contributed by atoms with Gasteiger partial charge in [-0.3, -0.25) is 0 Å². The zero-order chi connectivity index (χ0) is 32.4. The van der Waals surface area contributed by atoms with Crippen LogP contribution in [0.2, 0.25) is 5.02 Å². The van der Waals surface area contributed by atoms with Crippen molar-refractivity contribution in [2.75, 3.05) is 26.3 Å². The summed E-state index contributed by atoms with van der Waals surface area (Å²) >= 11 is 6.97. The fourth-order valence-electron chi connectivity index (χ4n) is 4.84. The van der Waals surface area contributed by atoms with E-state index in [9.17, 15) is 9.59 Å². The van der Waals surface area contributed by atoms with Crippen molar-refractivity contribution in [1.29, 1.82) is 0 Å². The Labute approximate surface area is 269 Å². The molecule has 0 aliphatic heterocycles. The molecule has 0 atom stereocenters. The number of nitrogens with one attached hydrogen (secondary N) is 1. The maximum atomic E-state index is 12.8. The first-order valence-electron chi connectivity index (χ1n) is 15.1. The van der Waals surface area contributed by atoms with Gasteiger partial charge in [0.15, 0.2) is 0 Å². The molecular weight excluding hydrogens is 590 g/mol. The Bertz CT molecular complexity index is 1650. The lowest BCUT2D eigenvalue weighted by Crippen LogP contribution is -2.39. The predicted molar refractivity (Wildman–Crippen MR) is 179 cm³/mol. The summed E-state index contributed by atoms with van der Waals surface area (Å²) in [6, 6.07) is 22.0. The zero-order valence-electron chi connectivity index (χ0n) is 26.4. The second kappa shape index (κ2) is 15.4. The van der Waals surface area contributed by atoms with Crippen LogP contribution in [-0.2, 0) is 14.3 Å². The number of para-hydroxylation sites is 1. The lowest BCUT2D eigenvalue weighted by Gasteiger charge is -2.26. The molecule has 0 spiro atoms. The van der Waals surface area contributed by atoms with Crippen molar-refractivity contribution >= 4 is 45.7 Å². The molecule has 0 saturated heterocycles. The summed E-state index contributed by atoms with van der Waals surface area (Å²) in [5.74, 6) is -0.0624. The Kier molecular flexibility index (Phi) is 11.4. The van der Waals surface area contributed by atoms with Gasteiger partial charge in [0, 0.05) is 46.9 Å². The highest BCUT2D eigenvalue weighted by Gasteiger charge is 2.22. The molecule has 4 aromatic rings. The van der Waals surface area contributed by atoms with E-state index in [-0.39, 0.29) is 26.3 Å². The van der Waals surface area contributed by atoms with Crippen molar-refractivity contribution in [1.82, 2.24) is 14.9 Å². The van der Waals surface area contributed by atoms with Crippen molar-refractivity contribution in [3.8, 4) is 5.88 Å². The van der Waals surface area contributed by atoms with Gasteiger partial charge in [-0.25, -0.2) is 14.6 Å². The number of hydrogen-bond donors (Lipinski definition) is 1. The van der Waals surface area contributed by atoms with Gasteiger partial charge in [0.25, 0.3) is 0 Å². The van der Waals surface area contributed by atoms with Gasteiger partial charge in [-0.1, -0.05) is 73.1 Å². The van der Waals surface area contributed by atoms with Crippen LogP contribution in [0.25, 0.3) is 22.0 Å². The molecule has 0 aliphatic rings. The van der Waals surface area contributed by atoms with E-state index in [1.54, 1.807) is 40.0 Å². The number of ether oxygens (including phenoxy) is 3. The van der Waals surface area contributed by atoms with Crippen LogP contribution in [0.4, 0.5) is 4.79 Å². The summed E-state index contributed by atoms with van der Waals surface area (Å²) < 4.78 is 16.4. The molecule has 0 radical (unpaired) electrons. The average molecular weight is 630 g/mol. The number of fused-ring (bicyclic) bond motifs is 1. The third-order valence-corrected chi connectivity index (χ3v) is 7.22. The maximum absolute atomic E-state index is 12.8. The molecule has 1 N–H and O–H groups in total. The van der Waals surface area contributed by atoms with Crippen LogP contribution >= 0.6 is 11.6 Å². The van der Waals surface area contributed by atoms with Gasteiger partial charge in [-0.15, -0.1) is 0 Å². The van der Waals surface area contributed by atoms with Gasteiger partial charge < -0.3 is 24.1 Å². The monoisotopic (exact) mass is 629 g/mol. The molecule has 4 rings (SSSR count). The summed E-state index contributed by atoms with van der Waals surface area (Å²) in [4.78, 5) is 34.1. The standard InChI is InChI=1S/C36H40ClN3O5/c1-6-27(25-14-9-8-10-15-25)32(34-33(37)28-16-11-12-17-29(28)39-34)26-19-20-30(38-24-26)44-23-22-40(35(42)45-36(3,4)5)21-13-18-31(41)43-7-2/h8-20,24,39H,6-7,21-23H2,1-5H3/b18-13+,32-27+. The zero-order valence-corrected chi connectivity index (χ0v) is 27.2. The molecule has 0 saturated carbocycles. The number of aromatic amines is 1. The van der Waals surface area contributed by atoms with Crippen LogP contribution in [0, 0.1) is 0 Å². The quantitative estimate of drug-likeness (QED) is 0.125. The van der Waals surface area contributed by atoms with Crippen molar-refractivity contribution in [2.45, 2.75) is 46.6 Å². The van der Waals surface area contributed by atoms with E-state index >= 15 is 0 Å². The number of rotatable bonds is 12. The number of carbonyl (C=O) groups is 2. The summed E-state index contributed by atoms with van der Waals surface area (Å²) in [5.41, 5.74) is 5.20. The van der Waals surface area contributed by atoms with Crippen LogP contribution in [0.15, 0.2) is 85.1 Å². The van der Waals surface area contributed by atoms with Crippen LogP contribution < -0.4 is 4.74 Å². The molecule has 0 fully saturated rings. The van der Waals surface area contributed by atoms with E-state index in [0.29, 0.717) is 10.9 Å². The molecule has 0 unspecified atom stereocenters. The maximum Gasteiger partial charge on any atom is 0.410 e. The lowest BCUT2D eigenvalue weighted by atomic mass is 9.91. The van der Waals surface area contributed by atoms with Gasteiger partial charge in [0.1, 0.15) is 12.2 Å². The summed E-state index contributed by atoms with van der Waals surface area (Å²) in [7, 11) is 0. The minimum atomic E-state index is -0.672. The van der Waals surface area contributed by atoms with Crippen molar-refractivity contribution < 1.29 is 23.8 Å². The number of H-pyrrole nitrogens is 1. The van der Waals surface area contributed by atoms with Gasteiger partial charge >= 0.3 is 12.1 Å². The Morgan fingerprint density at radius 1 is 0.978 bits per heavy atom. The number of benzene rings is 2. The van der Waals surface area contributed by atoms with Gasteiger partial charge in [0.05, 0.1) is 23.9 Å². The Balaban J connectivity index is 1.57. The van der Waals surface area contributed by atoms with Crippen LogP contribution in [0.1, 0.15) is 57.9 Å².